The molecule has 1 aliphatic heterocycles. The molecule has 3 rings (SSSR count). The molecule has 1 amide bonds. The molecule has 1 saturated heterocycles. The van der Waals surface area contributed by atoms with Crippen LogP contribution < -0.4 is 5.32 Å². The topological polar surface area (TPSA) is 45.2 Å². The SMILES string of the molecule is Cc1ccc(Br)nc1NC(=O)C1C2CC2CN1C. The summed E-state index contributed by atoms with van der Waals surface area (Å²) in [6.07, 6.45) is 1.20. The first-order valence-corrected chi connectivity index (χ1v) is 7.00. The van der Waals surface area contributed by atoms with Gasteiger partial charge in [0.25, 0.3) is 0 Å². The summed E-state index contributed by atoms with van der Waals surface area (Å²) in [5.41, 5.74) is 0.986. The fourth-order valence-corrected chi connectivity index (χ4v) is 3.20. The standard InChI is InChI=1S/C13H16BrN3O/c1-7-3-4-10(14)15-12(7)16-13(18)11-9-5-8(9)6-17(11)2/h3-4,8-9,11H,5-6H2,1-2H3,(H,15,16,18). The van der Waals surface area contributed by atoms with Gasteiger partial charge >= 0.3 is 0 Å². The van der Waals surface area contributed by atoms with E-state index in [9.17, 15) is 4.79 Å². The van der Waals surface area contributed by atoms with Crippen LogP contribution in [0, 0.1) is 18.8 Å². The number of halogens is 1. The van der Waals surface area contributed by atoms with Crippen LogP contribution in [0.5, 0.6) is 0 Å². The number of amides is 1. The summed E-state index contributed by atoms with van der Waals surface area (Å²) >= 11 is 3.33. The Morgan fingerprint density at radius 3 is 3.00 bits per heavy atom. The minimum atomic E-state index is 0.0233. The predicted octanol–water partition coefficient (Wildman–Crippen LogP) is 2.04. The number of rotatable bonds is 2. The molecule has 0 aromatic carbocycles. The monoisotopic (exact) mass is 309 g/mol. The molecule has 3 atom stereocenters. The molecule has 1 aromatic heterocycles. The lowest BCUT2D eigenvalue weighted by atomic mass is 10.1. The number of hydrogen-bond donors (Lipinski definition) is 1. The van der Waals surface area contributed by atoms with E-state index in [1.54, 1.807) is 0 Å². The maximum atomic E-state index is 12.3. The summed E-state index contributed by atoms with van der Waals surface area (Å²) in [4.78, 5) is 18.8. The fourth-order valence-electron chi connectivity index (χ4n) is 2.89. The van der Waals surface area contributed by atoms with Crippen LogP contribution in [-0.4, -0.2) is 35.4 Å². The molecule has 2 fully saturated rings. The maximum Gasteiger partial charge on any atom is 0.243 e. The van der Waals surface area contributed by atoms with E-state index in [-0.39, 0.29) is 11.9 Å². The van der Waals surface area contributed by atoms with Crippen molar-refractivity contribution in [2.24, 2.45) is 11.8 Å². The summed E-state index contributed by atoms with van der Waals surface area (Å²) in [5.74, 6) is 2.04. The number of carbonyl (C=O) groups is 1. The minimum absolute atomic E-state index is 0.0233. The summed E-state index contributed by atoms with van der Waals surface area (Å²) in [7, 11) is 2.03. The zero-order valence-corrected chi connectivity index (χ0v) is 12.1. The van der Waals surface area contributed by atoms with Gasteiger partial charge < -0.3 is 5.32 Å². The van der Waals surface area contributed by atoms with Gasteiger partial charge in [-0.3, -0.25) is 9.69 Å². The Balaban J connectivity index is 1.76. The molecule has 0 spiro atoms. The van der Waals surface area contributed by atoms with Crippen molar-refractivity contribution in [1.82, 2.24) is 9.88 Å². The molecule has 18 heavy (non-hydrogen) atoms. The van der Waals surface area contributed by atoms with Gasteiger partial charge in [0.1, 0.15) is 10.4 Å². The lowest BCUT2D eigenvalue weighted by molar-refractivity contribution is -0.120. The third-order valence-corrected chi connectivity index (χ3v) is 4.40. The molecular weight excluding hydrogens is 294 g/mol. The van der Waals surface area contributed by atoms with E-state index in [0.717, 1.165) is 22.6 Å². The minimum Gasteiger partial charge on any atom is -0.309 e. The quantitative estimate of drug-likeness (QED) is 0.850. The summed E-state index contributed by atoms with van der Waals surface area (Å²) < 4.78 is 0.743. The second-order valence-electron chi connectivity index (χ2n) is 5.33. The van der Waals surface area contributed by atoms with Crippen molar-refractivity contribution in [1.29, 1.82) is 0 Å². The third-order valence-electron chi connectivity index (χ3n) is 3.95. The van der Waals surface area contributed by atoms with Gasteiger partial charge in [-0.25, -0.2) is 4.98 Å². The number of aromatic nitrogens is 1. The van der Waals surface area contributed by atoms with E-state index in [1.807, 2.05) is 26.1 Å². The highest BCUT2D eigenvalue weighted by Gasteiger charge is 2.54. The van der Waals surface area contributed by atoms with Crippen LogP contribution in [0.15, 0.2) is 16.7 Å². The first kappa shape index (κ1) is 12.1. The molecule has 2 aliphatic rings. The zero-order chi connectivity index (χ0) is 12.9. The molecule has 5 heteroatoms. The molecule has 1 saturated carbocycles. The van der Waals surface area contributed by atoms with Crippen LogP contribution in [0.2, 0.25) is 0 Å². The molecule has 96 valence electrons. The number of piperidine rings is 1. The number of likely N-dealkylation sites (N-methyl/N-ethyl adjacent to an activating group) is 1. The molecule has 3 unspecified atom stereocenters. The lowest BCUT2D eigenvalue weighted by Gasteiger charge is -2.22. The lowest BCUT2D eigenvalue weighted by Crippen LogP contribution is -2.40. The second-order valence-corrected chi connectivity index (χ2v) is 6.15. The van der Waals surface area contributed by atoms with Crippen LogP contribution in [0.4, 0.5) is 5.82 Å². The Hall–Kier alpha value is -0.940. The number of likely N-dealkylation sites (tertiary alicyclic amines) is 1. The highest BCUT2D eigenvalue weighted by atomic mass is 79.9. The number of nitrogens with one attached hydrogen (secondary N) is 1. The molecule has 0 radical (unpaired) electrons. The molecule has 1 N–H and O–H groups in total. The Bertz CT molecular complexity index is 503. The summed E-state index contributed by atoms with van der Waals surface area (Å²) in [5, 5.41) is 2.96. The molecular formula is C13H16BrN3O. The molecule has 4 nitrogen and oxygen atoms in total. The normalized spacial score (nSPS) is 30.1. The number of carbonyl (C=O) groups excluding carboxylic acids is 1. The van der Waals surface area contributed by atoms with Gasteiger partial charge in [-0.05, 0) is 59.8 Å². The van der Waals surface area contributed by atoms with E-state index in [2.05, 4.69) is 31.1 Å². The van der Waals surface area contributed by atoms with Crippen LogP contribution in [-0.2, 0) is 4.79 Å². The number of nitrogens with zero attached hydrogens (tertiary/aromatic N) is 2. The first-order valence-electron chi connectivity index (χ1n) is 6.20. The average Bonchev–Trinajstić information content (AvgIpc) is 2.95. The van der Waals surface area contributed by atoms with Gasteiger partial charge in [0.15, 0.2) is 0 Å². The average molecular weight is 310 g/mol. The number of anilines is 1. The zero-order valence-electron chi connectivity index (χ0n) is 10.5. The molecule has 1 aliphatic carbocycles. The van der Waals surface area contributed by atoms with Crippen molar-refractivity contribution in [2.75, 3.05) is 18.9 Å². The van der Waals surface area contributed by atoms with Crippen molar-refractivity contribution in [3.63, 3.8) is 0 Å². The maximum absolute atomic E-state index is 12.3. The van der Waals surface area contributed by atoms with Crippen LogP contribution >= 0.6 is 15.9 Å². The largest absolute Gasteiger partial charge is 0.309 e. The number of aryl methyl sites for hydroxylation is 1. The Labute approximate surface area is 115 Å². The fraction of sp³-hybridized carbons (Fsp3) is 0.538. The Kier molecular flexibility index (Phi) is 2.90. The van der Waals surface area contributed by atoms with Crippen molar-refractivity contribution in [3.8, 4) is 0 Å². The van der Waals surface area contributed by atoms with Gasteiger partial charge in [-0.15, -0.1) is 0 Å². The number of pyridine rings is 1. The van der Waals surface area contributed by atoms with Gasteiger partial charge in [0, 0.05) is 6.54 Å². The number of hydrogen-bond acceptors (Lipinski definition) is 3. The smallest absolute Gasteiger partial charge is 0.243 e. The van der Waals surface area contributed by atoms with E-state index in [0.29, 0.717) is 11.7 Å². The van der Waals surface area contributed by atoms with E-state index in [4.69, 9.17) is 0 Å². The highest BCUT2D eigenvalue weighted by molar-refractivity contribution is 9.10. The highest BCUT2D eigenvalue weighted by Crippen LogP contribution is 2.49. The predicted molar refractivity (Wildman–Crippen MR) is 73.3 cm³/mol. The van der Waals surface area contributed by atoms with E-state index >= 15 is 0 Å². The van der Waals surface area contributed by atoms with Crippen LogP contribution in [0.3, 0.4) is 0 Å². The summed E-state index contributed by atoms with van der Waals surface area (Å²) in [6, 6.07) is 3.85. The van der Waals surface area contributed by atoms with Crippen molar-refractivity contribution < 1.29 is 4.79 Å². The van der Waals surface area contributed by atoms with Crippen LogP contribution in [0.25, 0.3) is 0 Å². The van der Waals surface area contributed by atoms with Gasteiger partial charge in [0.2, 0.25) is 5.91 Å². The molecule has 1 aromatic rings. The van der Waals surface area contributed by atoms with Crippen LogP contribution in [0.1, 0.15) is 12.0 Å². The van der Waals surface area contributed by atoms with E-state index in [1.165, 1.54) is 6.42 Å². The summed E-state index contributed by atoms with van der Waals surface area (Å²) in [6.45, 7) is 3.00. The van der Waals surface area contributed by atoms with Gasteiger partial charge in [-0.2, -0.15) is 0 Å². The van der Waals surface area contributed by atoms with Crippen molar-refractivity contribution in [2.45, 2.75) is 19.4 Å². The number of fused-ring (bicyclic) bond motifs is 1. The first-order chi connectivity index (χ1) is 8.56. The molecule has 0 bridgehead atoms. The van der Waals surface area contributed by atoms with Gasteiger partial charge in [-0.1, -0.05) is 6.07 Å². The van der Waals surface area contributed by atoms with E-state index < -0.39 is 0 Å². The van der Waals surface area contributed by atoms with Crippen molar-refractivity contribution >= 4 is 27.7 Å². The second kappa shape index (κ2) is 4.31. The van der Waals surface area contributed by atoms with Gasteiger partial charge in [0.05, 0.1) is 6.04 Å². The molecule has 2 heterocycles. The Morgan fingerprint density at radius 1 is 1.56 bits per heavy atom. The van der Waals surface area contributed by atoms with Crippen molar-refractivity contribution in [3.05, 3.63) is 22.3 Å². The third kappa shape index (κ3) is 2.06. The Morgan fingerprint density at radius 2 is 2.33 bits per heavy atom.